The molecule has 0 aliphatic rings. The topological polar surface area (TPSA) is 83.9 Å². The van der Waals surface area contributed by atoms with Gasteiger partial charge < -0.3 is 13.9 Å². The van der Waals surface area contributed by atoms with Crippen molar-refractivity contribution >= 4 is 37.9 Å². The van der Waals surface area contributed by atoms with E-state index in [1.165, 1.54) is 6.07 Å². The summed E-state index contributed by atoms with van der Waals surface area (Å²) in [6.07, 6.45) is 0. The number of phenolic OH excluding ortho intramolecular Hbond substituents is 1. The van der Waals surface area contributed by atoms with Crippen LogP contribution in [0.2, 0.25) is 0 Å². The van der Waals surface area contributed by atoms with Crippen LogP contribution in [0, 0.1) is 0 Å². The molecule has 7 heteroatoms. The fourth-order valence-electron chi connectivity index (χ4n) is 4.15. The molecule has 0 saturated heterocycles. The Morgan fingerprint density at radius 3 is 2.47 bits per heavy atom. The molecule has 1 N–H and O–H groups in total. The lowest BCUT2D eigenvalue weighted by Gasteiger charge is -2.18. The molecular formula is C27H20BrNO5. The lowest BCUT2D eigenvalue weighted by Crippen LogP contribution is -2.18. The standard InChI is InChI=1S/C27H20BrNO5/c1-29(14-16-5-3-2-4-6-16)15-22-23(30)9-8-19-20(13-25(31)34-26(19)22)21-12-17-11-18(28)7-10-24(17)33-27(21)32/h2-13,30H,14-15H2,1H3. The van der Waals surface area contributed by atoms with E-state index in [9.17, 15) is 14.7 Å². The molecule has 3 aromatic carbocycles. The maximum absolute atomic E-state index is 12.8. The molecule has 0 bridgehead atoms. The van der Waals surface area contributed by atoms with Crippen LogP contribution in [0.4, 0.5) is 0 Å². The molecule has 0 aliphatic heterocycles. The summed E-state index contributed by atoms with van der Waals surface area (Å²) < 4.78 is 11.9. The minimum atomic E-state index is -0.617. The molecule has 170 valence electrons. The Labute approximate surface area is 202 Å². The van der Waals surface area contributed by atoms with Gasteiger partial charge in [0.2, 0.25) is 0 Å². The van der Waals surface area contributed by atoms with E-state index in [1.807, 2.05) is 48.3 Å². The van der Waals surface area contributed by atoms with E-state index in [4.69, 9.17) is 8.83 Å². The predicted molar refractivity (Wildman–Crippen MR) is 135 cm³/mol. The van der Waals surface area contributed by atoms with Crippen molar-refractivity contribution in [3.63, 3.8) is 0 Å². The fraction of sp³-hybridized carbons (Fsp3) is 0.111. The van der Waals surface area contributed by atoms with E-state index in [-0.39, 0.29) is 16.9 Å². The molecule has 0 unspecified atom stereocenters. The lowest BCUT2D eigenvalue weighted by molar-refractivity contribution is 0.312. The van der Waals surface area contributed by atoms with E-state index >= 15 is 0 Å². The van der Waals surface area contributed by atoms with Crippen molar-refractivity contribution in [3.8, 4) is 16.9 Å². The average molecular weight is 518 g/mol. The molecule has 0 saturated carbocycles. The van der Waals surface area contributed by atoms with Gasteiger partial charge in [-0.25, -0.2) is 9.59 Å². The van der Waals surface area contributed by atoms with Crippen LogP contribution in [0.25, 0.3) is 33.1 Å². The smallest absolute Gasteiger partial charge is 0.344 e. The number of nitrogens with zero attached hydrogens (tertiary/aromatic N) is 1. The van der Waals surface area contributed by atoms with Crippen LogP contribution in [-0.2, 0) is 13.1 Å². The number of aromatic hydroxyl groups is 1. The van der Waals surface area contributed by atoms with Crippen molar-refractivity contribution in [1.82, 2.24) is 4.90 Å². The number of phenols is 1. The summed E-state index contributed by atoms with van der Waals surface area (Å²) in [7, 11) is 1.92. The highest BCUT2D eigenvalue weighted by Crippen LogP contribution is 2.34. The minimum absolute atomic E-state index is 0.0159. The highest BCUT2D eigenvalue weighted by molar-refractivity contribution is 9.10. The summed E-state index contributed by atoms with van der Waals surface area (Å²) in [4.78, 5) is 27.4. The Kier molecular flexibility index (Phi) is 5.81. The first kappa shape index (κ1) is 22.1. The first-order valence-corrected chi connectivity index (χ1v) is 11.4. The maximum Gasteiger partial charge on any atom is 0.344 e. The summed E-state index contributed by atoms with van der Waals surface area (Å²) >= 11 is 3.43. The van der Waals surface area contributed by atoms with Crippen LogP contribution in [0.5, 0.6) is 5.75 Å². The van der Waals surface area contributed by atoms with Gasteiger partial charge in [-0.05, 0) is 49.0 Å². The van der Waals surface area contributed by atoms with Crippen LogP contribution < -0.4 is 11.3 Å². The number of fused-ring (bicyclic) bond motifs is 2. The monoisotopic (exact) mass is 517 g/mol. The Morgan fingerprint density at radius 2 is 1.68 bits per heavy atom. The molecule has 0 aliphatic carbocycles. The first-order valence-electron chi connectivity index (χ1n) is 10.6. The summed E-state index contributed by atoms with van der Waals surface area (Å²) in [6.45, 7) is 0.980. The summed E-state index contributed by atoms with van der Waals surface area (Å²) in [5, 5.41) is 11.9. The van der Waals surface area contributed by atoms with E-state index in [0.29, 0.717) is 40.6 Å². The number of halogens is 1. The van der Waals surface area contributed by atoms with Crippen LogP contribution in [0.15, 0.2) is 95.7 Å². The molecule has 2 aromatic heterocycles. The Balaban J connectivity index is 1.64. The van der Waals surface area contributed by atoms with Crippen LogP contribution in [0.3, 0.4) is 0 Å². The van der Waals surface area contributed by atoms with Crippen molar-refractivity contribution in [2.45, 2.75) is 13.1 Å². The third-order valence-electron chi connectivity index (χ3n) is 5.70. The summed E-state index contributed by atoms with van der Waals surface area (Å²) in [6, 6.07) is 21.5. The summed E-state index contributed by atoms with van der Waals surface area (Å²) in [5.41, 5.74) is 1.76. The van der Waals surface area contributed by atoms with E-state index in [1.54, 1.807) is 30.3 Å². The van der Waals surface area contributed by atoms with Gasteiger partial charge in [-0.2, -0.15) is 0 Å². The largest absolute Gasteiger partial charge is 0.507 e. The second kappa shape index (κ2) is 8.93. The molecule has 0 fully saturated rings. The van der Waals surface area contributed by atoms with E-state index in [0.717, 1.165) is 10.0 Å². The maximum atomic E-state index is 12.8. The fourth-order valence-corrected chi connectivity index (χ4v) is 4.53. The van der Waals surface area contributed by atoms with Crippen molar-refractivity contribution in [2.75, 3.05) is 7.05 Å². The summed E-state index contributed by atoms with van der Waals surface area (Å²) in [5.74, 6) is 0.0159. The average Bonchev–Trinajstić information content (AvgIpc) is 2.81. The van der Waals surface area contributed by atoms with Crippen molar-refractivity contribution in [3.05, 3.63) is 109 Å². The Hall–Kier alpha value is -3.68. The molecule has 0 atom stereocenters. The van der Waals surface area contributed by atoms with Gasteiger partial charge in [0.15, 0.2) is 0 Å². The van der Waals surface area contributed by atoms with Gasteiger partial charge in [0.1, 0.15) is 16.9 Å². The minimum Gasteiger partial charge on any atom is -0.507 e. The third kappa shape index (κ3) is 4.27. The van der Waals surface area contributed by atoms with Gasteiger partial charge >= 0.3 is 11.3 Å². The van der Waals surface area contributed by atoms with Crippen molar-refractivity contribution in [2.24, 2.45) is 0 Å². The SMILES string of the molecule is CN(Cc1ccccc1)Cc1c(O)ccc2c(-c3cc4cc(Br)ccc4oc3=O)cc(=O)oc12. The zero-order chi connectivity index (χ0) is 23.8. The lowest BCUT2D eigenvalue weighted by atomic mass is 9.99. The van der Waals surface area contributed by atoms with Gasteiger partial charge in [-0.15, -0.1) is 0 Å². The van der Waals surface area contributed by atoms with Crippen LogP contribution in [0.1, 0.15) is 11.1 Å². The van der Waals surface area contributed by atoms with E-state index in [2.05, 4.69) is 15.9 Å². The van der Waals surface area contributed by atoms with Gasteiger partial charge in [0.25, 0.3) is 0 Å². The molecule has 0 radical (unpaired) electrons. The molecule has 5 rings (SSSR count). The van der Waals surface area contributed by atoms with Gasteiger partial charge in [0.05, 0.1) is 11.1 Å². The van der Waals surface area contributed by atoms with E-state index < -0.39 is 11.3 Å². The second-order valence-corrected chi connectivity index (χ2v) is 9.12. The highest BCUT2D eigenvalue weighted by Gasteiger charge is 2.19. The molecule has 0 amide bonds. The molecule has 0 spiro atoms. The molecule has 34 heavy (non-hydrogen) atoms. The van der Waals surface area contributed by atoms with Gasteiger partial charge in [0, 0.05) is 40.0 Å². The van der Waals surface area contributed by atoms with Gasteiger partial charge in [-0.1, -0.05) is 46.3 Å². The molecule has 6 nitrogen and oxygen atoms in total. The zero-order valence-electron chi connectivity index (χ0n) is 18.2. The molecular weight excluding hydrogens is 498 g/mol. The van der Waals surface area contributed by atoms with Crippen LogP contribution in [-0.4, -0.2) is 17.1 Å². The Bertz CT molecular complexity index is 1640. The van der Waals surface area contributed by atoms with Crippen LogP contribution >= 0.6 is 15.9 Å². The normalized spacial score (nSPS) is 11.5. The molecule has 5 aromatic rings. The molecule has 2 heterocycles. The second-order valence-electron chi connectivity index (χ2n) is 8.21. The first-order chi connectivity index (χ1) is 16.4. The van der Waals surface area contributed by atoms with Crippen molar-refractivity contribution < 1.29 is 13.9 Å². The number of hydrogen-bond acceptors (Lipinski definition) is 6. The Morgan fingerprint density at radius 1 is 0.882 bits per heavy atom. The number of hydrogen-bond donors (Lipinski definition) is 1. The van der Waals surface area contributed by atoms with Gasteiger partial charge in [-0.3, -0.25) is 4.90 Å². The highest BCUT2D eigenvalue weighted by atomic mass is 79.9. The quantitative estimate of drug-likeness (QED) is 0.302. The number of benzene rings is 3. The third-order valence-corrected chi connectivity index (χ3v) is 6.19. The predicted octanol–water partition coefficient (Wildman–Crippen LogP) is 5.67. The zero-order valence-corrected chi connectivity index (χ0v) is 19.8. The number of rotatable bonds is 5. The van der Waals surface area contributed by atoms with Crippen molar-refractivity contribution in [1.29, 1.82) is 0 Å².